The third kappa shape index (κ3) is 2.84. The summed E-state index contributed by atoms with van der Waals surface area (Å²) in [4.78, 5) is 9.88. The lowest BCUT2D eigenvalue weighted by molar-refractivity contribution is 0.171. The van der Waals surface area contributed by atoms with Crippen molar-refractivity contribution in [3.63, 3.8) is 0 Å². The SMILES string of the molecule is C=CC1(C)c2cc(C(C)(C)C)ccc2N2c3cccnc3N(c3ccccc3C)C2C1(C)C. The Bertz CT molecular complexity index is 1250. The van der Waals surface area contributed by atoms with Gasteiger partial charge in [-0.3, -0.25) is 0 Å². The first-order valence-corrected chi connectivity index (χ1v) is 11.9. The second-order valence-corrected chi connectivity index (χ2v) is 11.4. The van der Waals surface area contributed by atoms with Gasteiger partial charge in [0.15, 0.2) is 5.82 Å². The summed E-state index contributed by atoms with van der Waals surface area (Å²) in [7, 11) is 0. The Morgan fingerprint density at radius 3 is 2.27 bits per heavy atom. The molecule has 2 atom stereocenters. The van der Waals surface area contributed by atoms with Gasteiger partial charge in [0.1, 0.15) is 6.17 Å². The molecule has 2 unspecified atom stereocenters. The molecular formula is C30H35N3. The second kappa shape index (κ2) is 6.96. The zero-order valence-electron chi connectivity index (χ0n) is 21.0. The summed E-state index contributed by atoms with van der Waals surface area (Å²) in [6.45, 7) is 20.5. The summed E-state index contributed by atoms with van der Waals surface area (Å²) < 4.78 is 0. The summed E-state index contributed by atoms with van der Waals surface area (Å²) in [5.74, 6) is 1.02. The molecule has 5 rings (SSSR count). The van der Waals surface area contributed by atoms with E-state index >= 15 is 0 Å². The van der Waals surface area contributed by atoms with Crippen LogP contribution in [0.2, 0.25) is 0 Å². The topological polar surface area (TPSA) is 19.4 Å². The lowest BCUT2D eigenvalue weighted by atomic mass is 9.58. The van der Waals surface area contributed by atoms with E-state index in [1.165, 1.54) is 28.1 Å². The van der Waals surface area contributed by atoms with Gasteiger partial charge in [0.25, 0.3) is 0 Å². The summed E-state index contributed by atoms with van der Waals surface area (Å²) in [6.07, 6.45) is 4.15. The van der Waals surface area contributed by atoms with E-state index in [9.17, 15) is 0 Å². The van der Waals surface area contributed by atoms with Crippen LogP contribution in [0, 0.1) is 12.3 Å². The van der Waals surface area contributed by atoms with Crippen LogP contribution in [0.1, 0.15) is 58.2 Å². The second-order valence-electron chi connectivity index (χ2n) is 11.4. The molecule has 0 aliphatic carbocycles. The predicted octanol–water partition coefficient (Wildman–Crippen LogP) is 7.79. The molecule has 0 amide bonds. The van der Waals surface area contributed by atoms with Crippen molar-refractivity contribution in [3.8, 4) is 0 Å². The van der Waals surface area contributed by atoms with E-state index in [0.717, 1.165) is 11.5 Å². The van der Waals surface area contributed by atoms with Crippen LogP contribution in [0.25, 0.3) is 0 Å². The predicted molar refractivity (Wildman–Crippen MR) is 140 cm³/mol. The van der Waals surface area contributed by atoms with Gasteiger partial charge in [0.05, 0.1) is 5.69 Å². The molecule has 3 heteroatoms. The van der Waals surface area contributed by atoms with Crippen molar-refractivity contribution >= 4 is 22.9 Å². The minimum Gasteiger partial charge on any atom is -0.316 e. The number of rotatable bonds is 2. The largest absolute Gasteiger partial charge is 0.316 e. The number of aromatic nitrogens is 1. The summed E-state index contributed by atoms with van der Waals surface area (Å²) >= 11 is 0. The number of pyridine rings is 1. The van der Waals surface area contributed by atoms with Crippen LogP contribution in [0.4, 0.5) is 22.9 Å². The highest BCUT2D eigenvalue weighted by atomic mass is 15.5. The van der Waals surface area contributed by atoms with E-state index in [1.807, 2.05) is 6.20 Å². The van der Waals surface area contributed by atoms with Crippen LogP contribution in [-0.4, -0.2) is 11.1 Å². The Kier molecular flexibility index (Phi) is 4.59. The summed E-state index contributed by atoms with van der Waals surface area (Å²) in [5.41, 5.74) is 7.25. The molecule has 2 aliphatic heterocycles. The quantitative estimate of drug-likeness (QED) is 0.381. The molecule has 33 heavy (non-hydrogen) atoms. The highest BCUT2D eigenvalue weighted by Crippen LogP contribution is 2.62. The molecule has 0 saturated heterocycles. The number of para-hydroxylation sites is 1. The molecule has 1 aromatic heterocycles. The Morgan fingerprint density at radius 1 is 0.909 bits per heavy atom. The molecule has 3 nitrogen and oxygen atoms in total. The van der Waals surface area contributed by atoms with Gasteiger partial charge in [-0.1, -0.05) is 78.0 Å². The molecule has 0 N–H and O–H groups in total. The van der Waals surface area contributed by atoms with Crippen molar-refractivity contribution in [1.82, 2.24) is 4.98 Å². The standard InChI is InChI=1S/C30H35N3/c1-9-30(8)22-19-21(28(3,4)5)16-17-24(22)32-25-15-12-18-31-26(25)33(27(32)29(30,6)7)23-14-11-10-13-20(23)2/h9-19,27H,1H2,2-8H3. The van der Waals surface area contributed by atoms with Gasteiger partial charge in [0.2, 0.25) is 0 Å². The number of hydrogen-bond donors (Lipinski definition) is 0. The highest BCUT2D eigenvalue weighted by molar-refractivity contribution is 5.89. The van der Waals surface area contributed by atoms with Gasteiger partial charge in [0, 0.05) is 28.4 Å². The molecule has 0 radical (unpaired) electrons. The van der Waals surface area contributed by atoms with Crippen molar-refractivity contribution < 1.29 is 0 Å². The average Bonchev–Trinajstić information content (AvgIpc) is 3.13. The molecule has 0 spiro atoms. The highest BCUT2D eigenvalue weighted by Gasteiger charge is 2.59. The van der Waals surface area contributed by atoms with Gasteiger partial charge in [-0.25, -0.2) is 4.98 Å². The maximum atomic E-state index is 4.91. The van der Waals surface area contributed by atoms with Crippen molar-refractivity contribution in [2.45, 2.75) is 65.5 Å². The number of allylic oxidation sites excluding steroid dienone is 1. The number of anilines is 4. The van der Waals surface area contributed by atoms with Crippen LogP contribution in [0.3, 0.4) is 0 Å². The fourth-order valence-corrected chi connectivity index (χ4v) is 5.73. The van der Waals surface area contributed by atoms with Crippen LogP contribution in [-0.2, 0) is 10.8 Å². The first-order chi connectivity index (χ1) is 15.5. The fourth-order valence-electron chi connectivity index (χ4n) is 5.73. The number of benzene rings is 2. The van der Waals surface area contributed by atoms with Crippen molar-refractivity contribution in [2.24, 2.45) is 5.41 Å². The summed E-state index contributed by atoms with van der Waals surface area (Å²) in [6, 6.07) is 19.9. The maximum Gasteiger partial charge on any atom is 0.158 e. The zero-order valence-corrected chi connectivity index (χ0v) is 21.0. The zero-order chi connectivity index (χ0) is 23.8. The van der Waals surface area contributed by atoms with Gasteiger partial charge in [-0.15, -0.1) is 6.58 Å². The normalized spacial score (nSPS) is 23.1. The third-order valence-corrected chi connectivity index (χ3v) is 8.19. The molecule has 2 aliphatic rings. The van der Waals surface area contributed by atoms with Crippen molar-refractivity contribution in [1.29, 1.82) is 0 Å². The summed E-state index contributed by atoms with van der Waals surface area (Å²) in [5, 5.41) is 0. The lowest BCUT2D eigenvalue weighted by Gasteiger charge is -2.57. The van der Waals surface area contributed by atoms with E-state index in [2.05, 4.69) is 126 Å². The first kappa shape index (κ1) is 21.8. The van der Waals surface area contributed by atoms with Crippen LogP contribution in [0.15, 0.2) is 73.4 Å². The van der Waals surface area contributed by atoms with Crippen LogP contribution in [0.5, 0.6) is 0 Å². The minimum atomic E-state index is -0.228. The molecule has 3 heterocycles. The average molecular weight is 438 g/mol. The molecule has 3 aromatic rings. The monoisotopic (exact) mass is 437 g/mol. The van der Waals surface area contributed by atoms with E-state index < -0.39 is 0 Å². The number of aryl methyl sites for hydroxylation is 1. The van der Waals surface area contributed by atoms with Gasteiger partial charge < -0.3 is 9.80 Å². The maximum absolute atomic E-state index is 4.91. The number of fused-ring (bicyclic) bond motifs is 5. The Labute approximate surface area is 198 Å². The Hall–Kier alpha value is -3.07. The van der Waals surface area contributed by atoms with E-state index in [4.69, 9.17) is 4.98 Å². The number of nitrogens with zero attached hydrogens (tertiary/aromatic N) is 3. The van der Waals surface area contributed by atoms with Crippen LogP contribution < -0.4 is 9.80 Å². The van der Waals surface area contributed by atoms with Crippen molar-refractivity contribution in [3.05, 3.63) is 90.1 Å². The van der Waals surface area contributed by atoms with Crippen LogP contribution >= 0.6 is 0 Å². The van der Waals surface area contributed by atoms with Crippen molar-refractivity contribution in [2.75, 3.05) is 9.80 Å². The Morgan fingerprint density at radius 2 is 1.61 bits per heavy atom. The molecule has 2 aromatic carbocycles. The molecular weight excluding hydrogens is 402 g/mol. The van der Waals surface area contributed by atoms with E-state index in [1.54, 1.807) is 0 Å². The van der Waals surface area contributed by atoms with Gasteiger partial charge >= 0.3 is 0 Å². The first-order valence-electron chi connectivity index (χ1n) is 11.9. The minimum absolute atomic E-state index is 0.0690. The lowest BCUT2D eigenvalue weighted by Crippen LogP contribution is -2.60. The number of hydrogen-bond acceptors (Lipinski definition) is 3. The third-order valence-electron chi connectivity index (χ3n) is 8.19. The molecule has 170 valence electrons. The molecule has 0 saturated carbocycles. The van der Waals surface area contributed by atoms with E-state index in [0.29, 0.717) is 0 Å². The molecule has 0 bridgehead atoms. The Balaban J connectivity index is 1.85. The van der Waals surface area contributed by atoms with E-state index in [-0.39, 0.29) is 22.4 Å². The smallest absolute Gasteiger partial charge is 0.158 e. The molecule has 0 fully saturated rings. The van der Waals surface area contributed by atoms with Gasteiger partial charge in [-0.05, 0) is 53.3 Å². The fraction of sp³-hybridized carbons (Fsp3) is 0.367. The van der Waals surface area contributed by atoms with Gasteiger partial charge in [-0.2, -0.15) is 0 Å².